The highest BCUT2D eigenvalue weighted by Gasteiger charge is 2.80. The van der Waals surface area contributed by atoms with Crippen LogP contribution in [0.25, 0.3) is 0 Å². The second kappa shape index (κ2) is 8.43. The number of Topliss-reactive ketones (excluding diaryl/α,β-unsaturated/α-hetero) is 1. The van der Waals surface area contributed by atoms with Crippen molar-refractivity contribution in [2.24, 2.45) is 52.3 Å². The predicted octanol–water partition coefficient (Wildman–Crippen LogP) is 1.05. The van der Waals surface area contributed by atoms with E-state index in [9.17, 15) is 34.5 Å². The zero-order valence-electron chi connectivity index (χ0n) is 24.7. The lowest BCUT2D eigenvalue weighted by atomic mass is 9.41. The maximum Gasteiger partial charge on any atom is 0.343 e. The zero-order chi connectivity index (χ0) is 30.5. The predicted molar refractivity (Wildman–Crippen MR) is 141 cm³/mol. The van der Waals surface area contributed by atoms with Crippen LogP contribution in [0.4, 0.5) is 0 Å². The molecule has 2 aliphatic heterocycles. The summed E-state index contributed by atoms with van der Waals surface area (Å²) in [6.07, 6.45) is -1.59. The molecule has 0 spiro atoms. The maximum absolute atomic E-state index is 14.1. The molecular weight excluding hydrogens is 548 g/mol. The lowest BCUT2D eigenvalue weighted by Crippen LogP contribution is -2.76. The zero-order valence-corrected chi connectivity index (χ0v) is 24.7. The van der Waals surface area contributed by atoms with Crippen LogP contribution in [0.1, 0.15) is 60.8 Å². The fourth-order valence-electron chi connectivity index (χ4n) is 11.3. The Labute approximate surface area is 243 Å². The Morgan fingerprint density at radius 1 is 1.02 bits per heavy atom. The summed E-state index contributed by atoms with van der Waals surface area (Å²) in [6, 6.07) is 0. The molecule has 11 nitrogen and oxygen atoms in total. The molecule has 5 aliphatic carbocycles. The van der Waals surface area contributed by atoms with E-state index in [0.29, 0.717) is 12.2 Å². The monoisotopic (exact) mass is 588 g/mol. The molecule has 230 valence electrons. The van der Waals surface area contributed by atoms with Gasteiger partial charge in [-0.05, 0) is 61.3 Å². The molecule has 0 bridgehead atoms. The van der Waals surface area contributed by atoms with E-state index in [1.165, 1.54) is 20.8 Å². The number of epoxide rings is 1. The molecular formula is C31H40O11. The van der Waals surface area contributed by atoms with Crippen molar-refractivity contribution in [1.82, 2.24) is 0 Å². The van der Waals surface area contributed by atoms with Crippen molar-refractivity contribution in [3.8, 4) is 0 Å². The number of fused-ring (bicyclic) bond motifs is 10. The van der Waals surface area contributed by atoms with Crippen LogP contribution in [0.3, 0.4) is 0 Å². The molecule has 16 unspecified atom stereocenters. The summed E-state index contributed by atoms with van der Waals surface area (Å²) in [4.78, 5) is 51.7. The summed E-state index contributed by atoms with van der Waals surface area (Å²) in [5, 5.41) is 35.3. The van der Waals surface area contributed by atoms with Gasteiger partial charge in [0.2, 0.25) is 0 Å². The van der Waals surface area contributed by atoms with E-state index < -0.39 is 99.9 Å². The molecule has 2 heterocycles. The fraction of sp³-hybridized carbons (Fsp3) is 0.806. The number of carbonyl (C=O) groups excluding carboxylic acids is 4. The molecule has 0 radical (unpaired) electrons. The number of allylic oxidation sites excluding steroid dienone is 1. The second-order valence-corrected chi connectivity index (χ2v) is 14.7. The number of ether oxygens (including phenoxy) is 4. The third kappa shape index (κ3) is 3.21. The Morgan fingerprint density at radius 3 is 2.33 bits per heavy atom. The fourth-order valence-corrected chi connectivity index (χ4v) is 11.3. The molecule has 3 N–H and O–H groups in total. The minimum Gasteiger partial charge on any atom is -0.462 e. The van der Waals surface area contributed by atoms with E-state index in [1.807, 2.05) is 19.9 Å². The molecule has 7 rings (SSSR count). The first-order valence-electron chi connectivity index (χ1n) is 15.1. The molecule has 0 aromatic rings. The standard InChI is InChI=1S/C31H40O11/c1-11-7-17-22(30(6,37)27(36)42-17)14-8-15-20-16(9-19(39-12(2)32)28(15,4)21(11)14)29(5)26(40-13(3)33)24-18(41-24)10-31(29,38)25(35)23(20)34/h7,11,14-16,18-24,26,34,37-38H,8-10H2,1-6H3. The van der Waals surface area contributed by atoms with E-state index in [4.69, 9.17) is 18.9 Å². The SMILES string of the molecule is CC(=O)OC1CC2C(C(O)C(=O)C3(O)CC4OC4C(OC(C)=O)C23C)C2CC3C4C(=CC(C)C3C12C)OC(=O)C4(C)O. The number of carbonyl (C=O) groups is 4. The molecule has 6 fully saturated rings. The first-order valence-corrected chi connectivity index (χ1v) is 15.1. The van der Waals surface area contributed by atoms with Crippen LogP contribution in [-0.4, -0.2) is 80.7 Å². The molecule has 2 saturated heterocycles. The number of hydrogen-bond donors (Lipinski definition) is 3. The lowest BCUT2D eigenvalue weighted by molar-refractivity contribution is -0.263. The Hall–Kier alpha value is -2.34. The van der Waals surface area contributed by atoms with Crippen LogP contribution in [0, 0.1) is 52.3 Å². The van der Waals surface area contributed by atoms with Gasteiger partial charge in [0.25, 0.3) is 0 Å². The maximum atomic E-state index is 14.1. The van der Waals surface area contributed by atoms with Crippen LogP contribution in [-0.2, 0) is 38.1 Å². The van der Waals surface area contributed by atoms with Crippen molar-refractivity contribution >= 4 is 23.7 Å². The van der Waals surface area contributed by atoms with Crippen LogP contribution in [0.5, 0.6) is 0 Å². The van der Waals surface area contributed by atoms with Gasteiger partial charge in [0.15, 0.2) is 11.4 Å². The third-order valence-corrected chi connectivity index (χ3v) is 12.9. The summed E-state index contributed by atoms with van der Waals surface area (Å²) in [6.45, 7) is 9.86. The second-order valence-electron chi connectivity index (χ2n) is 14.7. The van der Waals surface area contributed by atoms with Crippen LogP contribution in [0.15, 0.2) is 11.8 Å². The normalized spacial score (nSPS) is 56.8. The van der Waals surface area contributed by atoms with Crippen molar-refractivity contribution in [3.63, 3.8) is 0 Å². The number of ketones is 1. The number of esters is 3. The van der Waals surface area contributed by atoms with Gasteiger partial charge >= 0.3 is 17.9 Å². The average Bonchev–Trinajstić information content (AvgIpc) is 3.50. The number of hydrogen-bond acceptors (Lipinski definition) is 11. The van der Waals surface area contributed by atoms with Gasteiger partial charge < -0.3 is 34.3 Å². The number of rotatable bonds is 2. The summed E-state index contributed by atoms with van der Waals surface area (Å²) >= 11 is 0. The highest BCUT2D eigenvalue weighted by molar-refractivity contribution is 5.94. The van der Waals surface area contributed by atoms with Crippen LogP contribution >= 0.6 is 0 Å². The van der Waals surface area contributed by atoms with Crippen LogP contribution < -0.4 is 0 Å². The first-order chi connectivity index (χ1) is 19.5. The van der Waals surface area contributed by atoms with Gasteiger partial charge in [0.05, 0.1) is 12.0 Å². The first kappa shape index (κ1) is 28.4. The van der Waals surface area contributed by atoms with E-state index in [0.717, 1.165) is 0 Å². The third-order valence-electron chi connectivity index (χ3n) is 12.9. The molecule has 42 heavy (non-hydrogen) atoms. The van der Waals surface area contributed by atoms with Gasteiger partial charge in [-0.3, -0.25) is 14.4 Å². The quantitative estimate of drug-likeness (QED) is 0.239. The van der Waals surface area contributed by atoms with E-state index in [1.54, 1.807) is 6.92 Å². The minimum atomic E-state index is -2.03. The summed E-state index contributed by atoms with van der Waals surface area (Å²) in [5.74, 6) is -4.88. The molecule has 16 atom stereocenters. The molecule has 0 aromatic carbocycles. The van der Waals surface area contributed by atoms with Gasteiger partial charge in [-0.25, -0.2) is 4.79 Å². The number of aliphatic hydroxyl groups is 3. The topological polar surface area (TPSA) is 169 Å². The van der Waals surface area contributed by atoms with Crippen molar-refractivity contribution in [1.29, 1.82) is 0 Å². The molecule has 0 aromatic heterocycles. The smallest absolute Gasteiger partial charge is 0.343 e. The van der Waals surface area contributed by atoms with Gasteiger partial charge in [-0.15, -0.1) is 0 Å². The highest BCUT2D eigenvalue weighted by atomic mass is 16.6. The average molecular weight is 589 g/mol. The van der Waals surface area contributed by atoms with Crippen LogP contribution in [0.2, 0.25) is 0 Å². The van der Waals surface area contributed by atoms with E-state index >= 15 is 0 Å². The Bertz CT molecular complexity index is 1320. The summed E-state index contributed by atoms with van der Waals surface area (Å²) < 4.78 is 23.3. The Kier molecular flexibility index (Phi) is 5.71. The lowest BCUT2D eigenvalue weighted by Gasteiger charge is -2.65. The largest absolute Gasteiger partial charge is 0.462 e. The highest BCUT2D eigenvalue weighted by Crippen LogP contribution is 2.73. The van der Waals surface area contributed by atoms with Crippen molar-refractivity contribution in [2.75, 3.05) is 0 Å². The molecule has 7 aliphatic rings. The molecule has 4 saturated carbocycles. The molecule has 11 heteroatoms. The minimum absolute atomic E-state index is 0.0227. The van der Waals surface area contributed by atoms with Crippen molar-refractivity contribution in [2.45, 2.75) is 103 Å². The van der Waals surface area contributed by atoms with E-state index in [-0.39, 0.29) is 30.6 Å². The Balaban J connectivity index is 1.39. The van der Waals surface area contributed by atoms with Gasteiger partial charge in [0.1, 0.15) is 35.8 Å². The molecule has 0 amide bonds. The Morgan fingerprint density at radius 2 is 1.69 bits per heavy atom. The van der Waals surface area contributed by atoms with Gasteiger partial charge in [-0.1, -0.05) is 20.8 Å². The number of aliphatic hydroxyl groups excluding tert-OH is 1. The van der Waals surface area contributed by atoms with Crippen molar-refractivity contribution < 1.29 is 53.4 Å². The van der Waals surface area contributed by atoms with Gasteiger partial charge in [-0.2, -0.15) is 0 Å². The summed E-state index contributed by atoms with van der Waals surface area (Å²) in [5.41, 5.74) is -5.87. The van der Waals surface area contributed by atoms with Gasteiger partial charge in [0, 0.05) is 31.1 Å². The van der Waals surface area contributed by atoms with Crippen molar-refractivity contribution in [3.05, 3.63) is 11.8 Å². The summed E-state index contributed by atoms with van der Waals surface area (Å²) in [7, 11) is 0. The van der Waals surface area contributed by atoms with E-state index in [2.05, 4.69) is 0 Å².